The molecule has 1 amide bonds. The Balaban J connectivity index is 2.11. The van der Waals surface area contributed by atoms with Crippen LogP contribution in [0.25, 0.3) is 0 Å². The third-order valence-electron chi connectivity index (χ3n) is 3.43. The average molecular weight is 317 g/mol. The lowest BCUT2D eigenvalue weighted by Gasteiger charge is -2.21. The van der Waals surface area contributed by atoms with Gasteiger partial charge < -0.3 is 5.73 Å². The molecule has 1 aliphatic heterocycles. The molecule has 1 aromatic rings. The van der Waals surface area contributed by atoms with E-state index in [1.54, 1.807) is 11.3 Å². The normalized spacial score (nSPS) is 22.6. The van der Waals surface area contributed by atoms with Gasteiger partial charge in [-0.3, -0.25) is 9.69 Å². The van der Waals surface area contributed by atoms with Gasteiger partial charge in [0.15, 0.2) is 0 Å². The number of carbonyl (C=O) groups is 1. The highest BCUT2D eigenvalue weighted by molar-refractivity contribution is 7.88. The fourth-order valence-corrected chi connectivity index (χ4v) is 3.84. The molecule has 0 radical (unpaired) electrons. The second-order valence-electron chi connectivity index (χ2n) is 5.09. The number of hydrogen-bond donors (Lipinski definition) is 1. The van der Waals surface area contributed by atoms with Crippen molar-refractivity contribution in [1.82, 2.24) is 9.21 Å². The van der Waals surface area contributed by atoms with Gasteiger partial charge in [-0.15, -0.1) is 0 Å². The smallest absolute Gasteiger partial charge is 0.223 e. The summed E-state index contributed by atoms with van der Waals surface area (Å²) in [6.07, 6.45) is 1.17. The van der Waals surface area contributed by atoms with E-state index in [1.165, 1.54) is 16.1 Å². The van der Waals surface area contributed by atoms with E-state index in [1.807, 2.05) is 11.4 Å². The molecule has 1 aliphatic rings. The summed E-state index contributed by atoms with van der Waals surface area (Å²) in [7, 11) is -3.30. The largest absolute Gasteiger partial charge is 0.369 e. The van der Waals surface area contributed by atoms with E-state index in [9.17, 15) is 13.2 Å². The Labute approximate surface area is 123 Å². The van der Waals surface area contributed by atoms with Gasteiger partial charge in [0.25, 0.3) is 0 Å². The van der Waals surface area contributed by atoms with Crippen LogP contribution in [0, 0.1) is 5.92 Å². The Kier molecular flexibility index (Phi) is 4.79. The van der Waals surface area contributed by atoms with Crippen molar-refractivity contribution in [3.05, 3.63) is 22.4 Å². The molecule has 2 heterocycles. The number of sulfonamides is 1. The predicted octanol–water partition coefficient (Wildman–Crippen LogP) is -0.0732. The van der Waals surface area contributed by atoms with E-state index in [4.69, 9.17) is 5.73 Å². The van der Waals surface area contributed by atoms with Crippen LogP contribution >= 0.6 is 11.3 Å². The molecule has 2 rings (SSSR count). The molecule has 112 valence electrons. The summed E-state index contributed by atoms with van der Waals surface area (Å²) in [5.74, 6) is -0.915. The molecular weight excluding hydrogens is 298 g/mol. The average Bonchev–Trinajstić information content (AvgIpc) is 2.72. The van der Waals surface area contributed by atoms with Gasteiger partial charge in [0.05, 0.1) is 12.2 Å². The summed E-state index contributed by atoms with van der Waals surface area (Å²) >= 11 is 1.62. The molecule has 0 aliphatic carbocycles. The Morgan fingerprint density at radius 3 is 2.75 bits per heavy atom. The van der Waals surface area contributed by atoms with Crippen LogP contribution in [0.15, 0.2) is 16.8 Å². The minimum Gasteiger partial charge on any atom is -0.369 e. The number of rotatable bonds is 4. The van der Waals surface area contributed by atoms with Crippen LogP contribution < -0.4 is 5.73 Å². The summed E-state index contributed by atoms with van der Waals surface area (Å²) in [6.45, 7) is 2.38. The molecule has 1 unspecified atom stereocenters. The number of nitrogens with zero attached hydrogens (tertiary/aromatic N) is 2. The topological polar surface area (TPSA) is 83.7 Å². The molecule has 20 heavy (non-hydrogen) atoms. The molecule has 6 nitrogen and oxygen atoms in total. The molecular formula is C12H19N3O3S2. The molecule has 0 bridgehead atoms. The van der Waals surface area contributed by atoms with Gasteiger partial charge in [0.1, 0.15) is 0 Å². The fraction of sp³-hybridized carbons (Fsp3) is 0.583. The lowest BCUT2D eigenvalue weighted by molar-refractivity contribution is -0.122. The van der Waals surface area contributed by atoms with Crippen molar-refractivity contribution in [2.45, 2.75) is 6.54 Å². The molecule has 8 heteroatoms. The number of primary amides is 1. The van der Waals surface area contributed by atoms with Crippen molar-refractivity contribution in [3.63, 3.8) is 0 Å². The fourth-order valence-electron chi connectivity index (χ4n) is 2.32. The van der Waals surface area contributed by atoms with Gasteiger partial charge in [-0.2, -0.15) is 11.3 Å². The van der Waals surface area contributed by atoms with Crippen LogP contribution in [-0.2, 0) is 21.4 Å². The highest BCUT2D eigenvalue weighted by Gasteiger charge is 2.30. The minimum absolute atomic E-state index is 0.175. The molecule has 1 aromatic heterocycles. The quantitative estimate of drug-likeness (QED) is 0.842. The predicted molar refractivity (Wildman–Crippen MR) is 78.7 cm³/mol. The molecule has 2 N–H and O–H groups in total. The van der Waals surface area contributed by atoms with Crippen molar-refractivity contribution in [3.8, 4) is 0 Å². The molecule has 1 saturated heterocycles. The van der Waals surface area contributed by atoms with E-state index in [-0.39, 0.29) is 6.54 Å². The zero-order valence-corrected chi connectivity index (χ0v) is 13.0. The first-order valence-electron chi connectivity index (χ1n) is 6.34. The second kappa shape index (κ2) is 6.21. The monoisotopic (exact) mass is 317 g/mol. The summed E-state index contributed by atoms with van der Waals surface area (Å²) < 4.78 is 24.7. The summed E-state index contributed by atoms with van der Waals surface area (Å²) in [6, 6.07) is 2.03. The summed E-state index contributed by atoms with van der Waals surface area (Å²) in [4.78, 5) is 13.6. The van der Waals surface area contributed by atoms with Crippen LogP contribution in [-0.4, -0.2) is 56.0 Å². The van der Waals surface area contributed by atoms with Crippen LogP contribution in [0.2, 0.25) is 0 Å². The zero-order chi connectivity index (χ0) is 14.8. The number of hydrogen-bond acceptors (Lipinski definition) is 5. The zero-order valence-electron chi connectivity index (χ0n) is 11.4. The third-order valence-corrected chi connectivity index (χ3v) is 5.43. The highest BCUT2D eigenvalue weighted by Crippen LogP contribution is 2.16. The standard InChI is InChI=1S/C12H19N3O3S2/c1-20(17,18)15-4-3-14(6-10-2-5-19-9-10)7-11(8-15)12(13)16/h2,5,9,11H,3-4,6-8H2,1H3,(H2,13,16). The first-order chi connectivity index (χ1) is 9.36. The molecule has 0 saturated carbocycles. The maximum atomic E-state index is 11.7. The Hall–Kier alpha value is -0.960. The van der Waals surface area contributed by atoms with Gasteiger partial charge in [-0.1, -0.05) is 0 Å². The van der Waals surface area contributed by atoms with Gasteiger partial charge in [-0.05, 0) is 22.4 Å². The van der Waals surface area contributed by atoms with Crippen LogP contribution in [0.1, 0.15) is 5.56 Å². The van der Waals surface area contributed by atoms with Crippen molar-refractivity contribution in [2.24, 2.45) is 11.7 Å². The van der Waals surface area contributed by atoms with E-state index in [0.717, 1.165) is 0 Å². The van der Waals surface area contributed by atoms with Gasteiger partial charge in [0.2, 0.25) is 15.9 Å². The van der Waals surface area contributed by atoms with Gasteiger partial charge in [-0.25, -0.2) is 12.7 Å². The van der Waals surface area contributed by atoms with Gasteiger partial charge in [0, 0.05) is 32.7 Å². The van der Waals surface area contributed by atoms with E-state index >= 15 is 0 Å². The van der Waals surface area contributed by atoms with E-state index in [2.05, 4.69) is 10.3 Å². The number of carbonyl (C=O) groups excluding carboxylic acids is 1. The van der Waals surface area contributed by atoms with Crippen LogP contribution in [0.5, 0.6) is 0 Å². The highest BCUT2D eigenvalue weighted by atomic mass is 32.2. The lowest BCUT2D eigenvalue weighted by atomic mass is 10.1. The minimum atomic E-state index is -3.30. The van der Waals surface area contributed by atoms with Crippen LogP contribution in [0.4, 0.5) is 0 Å². The summed E-state index contributed by atoms with van der Waals surface area (Å²) in [5, 5.41) is 4.06. The Morgan fingerprint density at radius 1 is 1.45 bits per heavy atom. The summed E-state index contributed by atoms with van der Waals surface area (Å²) in [5.41, 5.74) is 6.56. The first-order valence-corrected chi connectivity index (χ1v) is 9.13. The van der Waals surface area contributed by atoms with E-state index < -0.39 is 21.8 Å². The molecule has 1 atom stereocenters. The van der Waals surface area contributed by atoms with Gasteiger partial charge >= 0.3 is 0 Å². The Bertz CT molecular complexity index is 557. The van der Waals surface area contributed by atoms with Crippen molar-refractivity contribution < 1.29 is 13.2 Å². The first kappa shape index (κ1) is 15.4. The lowest BCUT2D eigenvalue weighted by Crippen LogP contribution is -2.40. The van der Waals surface area contributed by atoms with Crippen molar-refractivity contribution in [2.75, 3.05) is 32.4 Å². The van der Waals surface area contributed by atoms with Crippen molar-refractivity contribution >= 4 is 27.3 Å². The maximum Gasteiger partial charge on any atom is 0.223 e. The molecule has 1 fully saturated rings. The SMILES string of the molecule is CS(=O)(=O)N1CCN(Cc2ccsc2)CC(C(N)=O)C1. The molecule has 0 spiro atoms. The van der Waals surface area contributed by atoms with Crippen molar-refractivity contribution in [1.29, 1.82) is 0 Å². The Morgan fingerprint density at radius 2 is 2.20 bits per heavy atom. The van der Waals surface area contributed by atoms with E-state index in [0.29, 0.717) is 26.2 Å². The maximum absolute atomic E-state index is 11.7. The number of nitrogens with two attached hydrogens (primary N) is 1. The second-order valence-corrected chi connectivity index (χ2v) is 7.85. The number of amides is 1. The third kappa shape index (κ3) is 4.02. The number of thiophene rings is 1. The molecule has 0 aromatic carbocycles. The van der Waals surface area contributed by atoms with Crippen LogP contribution in [0.3, 0.4) is 0 Å².